The fourth-order valence-corrected chi connectivity index (χ4v) is 2.83. The molecule has 5 nitrogen and oxygen atoms in total. The largest absolute Gasteiger partial charge is 0.395 e. The number of anilines is 1. The number of likely N-dealkylation sites (tertiary alicyclic amines) is 1. The summed E-state index contributed by atoms with van der Waals surface area (Å²) in [6, 6.07) is 8.00. The van der Waals surface area contributed by atoms with Crippen LogP contribution in [0.3, 0.4) is 0 Å². The molecule has 1 saturated heterocycles. The Kier molecular flexibility index (Phi) is 7.28. The fourth-order valence-electron chi connectivity index (χ4n) is 2.83. The zero-order chi connectivity index (χ0) is 17.4. The van der Waals surface area contributed by atoms with Crippen molar-refractivity contribution in [3.63, 3.8) is 0 Å². The van der Waals surface area contributed by atoms with E-state index < -0.39 is 0 Å². The predicted octanol–water partition coefficient (Wildman–Crippen LogP) is 2.25. The van der Waals surface area contributed by atoms with Crippen LogP contribution in [-0.2, 0) is 0 Å². The lowest BCUT2D eigenvalue weighted by Gasteiger charge is -2.32. The number of aliphatic hydroxyl groups excluding tert-OH is 1. The van der Waals surface area contributed by atoms with Crippen LogP contribution in [0.25, 0.3) is 0 Å². The van der Waals surface area contributed by atoms with Crippen LogP contribution in [0.4, 0.5) is 5.69 Å². The number of carbonyl (C=O) groups is 1. The normalized spacial score (nSPS) is 15.8. The van der Waals surface area contributed by atoms with Gasteiger partial charge in [0.1, 0.15) is 0 Å². The summed E-state index contributed by atoms with van der Waals surface area (Å²) in [4.78, 5) is 14.4. The topological polar surface area (TPSA) is 64.6 Å². The Hall–Kier alpha value is -1.85. The first-order valence-electron chi connectivity index (χ1n) is 8.70. The minimum atomic E-state index is -0.149. The number of amides is 1. The molecule has 0 atom stereocenters. The monoisotopic (exact) mass is 331 g/mol. The molecular weight excluding hydrogens is 302 g/mol. The maximum absolute atomic E-state index is 12.0. The molecule has 0 bridgehead atoms. The maximum Gasteiger partial charge on any atom is 0.251 e. The van der Waals surface area contributed by atoms with Crippen LogP contribution in [0.15, 0.2) is 35.9 Å². The van der Waals surface area contributed by atoms with Gasteiger partial charge in [-0.05, 0) is 44.9 Å². The summed E-state index contributed by atoms with van der Waals surface area (Å²) in [5.41, 5.74) is 2.97. The van der Waals surface area contributed by atoms with E-state index in [2.05, 4.69) is 35.5 Å². The molecule has 1 fully saturated rings. The number of piperidine rings is 1. The van der Waals surface area contributed by atoms with Crippen molar-refractivity contribution in [1.29, 1.82) is 0 Å². The Balaban J connectivity index is 1.84. The molecule has 1 aliphatic rings. The number of rotatable bonds is 7. The average molecular weight is 331 g/mol. The first-order chi connectivity index (χ1) is 11.6. The van der Waals surface area contributed by atoms with Crippen molar-refractivity contribution in [1.82, 2.24) is 10.2 Å². The van der Waals surface area contributed by atoms with E-state index in [0.717, 1.165) is 38.2 Å². The molecule has 5 heteroatoms. The minimum absolute atomic E-state index is 0.0466. The van der Waals surface area contributed by atoms with E-state index in [9.17, 15) is 4.79 Å². The summed E-state index contributed by atoms with van der Waals surface area (Å²) in [5.74, 6) is -0.149. The van der Waals surface area contributed by atoms with Crippen LogP contribution in [0.1, 0.15) is 37.0 Å². The molecule has 2 rings (SSSR count). The smallest absolute Gasteiger partial charge is 0.251 e. The first kappa shape index (κ1) is 18.5. The highest BCUT2D eigenvalue weighted by Crippen LogP contribution is 2.18. The Labute approximate surface area is 144 Å². The molecule has 0 spiro atoms. The van der Waals surface area contributed by atoms with Crippen LogP contribution < -0.4 is 10.6 Å². The summed E-state index contributed by atoms with van der Waals surface area (Å²) in [5, 5.41) is 15.0. The Morgan fingerprint density at radius 3 is 2.75 bits per heavy atom. The van der Waals surface area contributed by atoms with Crippen LogP contribution in [0.5, 0.6) is 0 Å². The Bertz CT molecular complexity index is 559. The highest BCUT2D eigenvalue weighted by molar-refractivity contribution is 5.95. The third-order valence-corrected chi connectivity index (χ3v) is 4.24. The number of nitrogens with zero attached hydrogens (tertiary/aromatic N) is 1. The molecule has 1 heterocycles. The standard InChI is InChI=1S/C19H29N3O2/c1-15(2)6-10-22-11-7-17(8-12-22)21-18-5-3-4-16(14-18)19(24)20-9-13-23/h3-6,14,17,21,23H,7-13H2,1-2H3,(H,20,24). The van der Waals surface area contributed by atoms with Gasteiger partial charge in [0.25, 0.3) is 5.91 Å². The quantitative estimate of drug-likeness (QED) is 0.671. The van der Waals surface area contributed by atoms with Crippen LogP contribution >= 0.6 is 0 Å². The van der Waals surface area contributed by atoms with Gasteiger partial charge in [-0.25, -0.2) is 0 Å². The van der Waals surface area contributed by atoms with Gasteiger partial charge in [0.2, 0.25) is 0 Å². The van der Waals surface area contributed by atoms with E-state index in [1.807, 2.05) is 18.2 Å². The van der Waals surface area contributed by atoms with Crippen molar-refractivity contribution in [3.05, 3.63) is 41.5 Å². The first-order valence-corrected chi connectivity index (χ1v) is 8.70. The highest BCUT2D eigenvalue weighted by atomic mass is 16.3. The molecular formula is C19H29N3O2. The fraction of sp³-hybridized carbons (Fsp3) is 0.526. The second-order valence-electron chi connectivity index (χ2n) is 6.56. The van der Waals surface area contributed by atoms with Crippen molar-refractivity contribution >= 4 is 11.6 Å². The van der Waals surface area contributed by atoms with Crippen molar-refractivity contribution in [2.75, 3.05) is 38.1 Å². The van der Waals surface area contributed by atoms with Gasteiger partial charge in [-0.15, -0.1) is 0 Å². The molecule has 1 amide bonds. The molecule has 132 valence electrons. The molecule has 0 aliphatic carbocycles. The molecule has 0 aromatic heterocycles. The lowest BCUT2D eigenvalue weighted by Crippen LogP contribution is -2.39. The summed E-state index contributed by atoms with van der Waals surface area (Å²) < 4.78 is 0. The van der Waals surface area contributed by atoms with E-state index >= 15 is 0 Å². The number of nitrogens with one attached hydrogen (secondary N) is 2. The molecule has 3 N–H and O–H groups in total. The summed E-state index contributed by atoms with van der Waals surface area (Å²) in [6.45, 7) is 7.73. The summed E-state index contributed by atoms with van der Waals surface area (Å²) in [6.07, 6.45) is 4.50. The van der Waals surface area contributed by atoms with Crippen molar-refractivity contribution in [3.8, 4) is 0 Å². The van der Waals surface area contributed by atoms with Gasteiger partial charge in [-0.2, -0.15) is 0 Å². The highest BCUT2D eigenvalue weighted by Gasteiger charge is 2.18. The predicted molar refractivity (Wildman–Crippen MR) is 98.4 cm³/mol. The second-order valence-corrected chi connectivity index (χ2v) is 6.56. The lowest BCUT2D eigenvalue weighted by molar-refractivity contribution is 0.0945. The van der Waals surface area contributed by atoms with Crippen LogP contribution in [0, 0.1) is 0 Å². The summed E-state index contributed by atoms with van der Waals surface area (Å²) >= 11 is 0. The van der Waals surface area contributed by atoms with Crippen molar-refractivity contribution in [2.45, 2.75) is 32.7 Å². The number of hydrogen-bond acceptors (Lipinski definition) is 4. The minimum Gasteiger partial charge on any atom is -0.395 e. The van der Waals surface area contributed by atoms with Gasteiger partial charge in [-0.3, -0.25) is 9.69 Å². The SMILES string of the molecule is CC(C)=CCN1CCC(Nc2cccc(C(=O)NCCO)c2)CC1. The zero-order valence-electron chi connectivity index (χ0n) is 14.7. The van der Waals surface area contributed by atoms with E-state index in [1.54, 1.807) is 6.07 Å². The third-order valence-electron chi connectivity index (χ3n) is 4.24. The number of hydrogen-bond donors (Lipinski definition) is 3. The zero-order valence-corrected chi connectivity index (χ0v) is 14.7. The molecule has 1 aliphatic heterocycles. The van der Waals surface area contributed by atoms with Gasteiger partial charge >= 0.3 is 0 Å². The van der Waals surface area contributed by atoms with E-state index in [0.29, 0.717) is 11.6 Å². The van der Waals surface area contributed by atoms with Gasteiger partial charge in [-0.1, -0.05) is 17.7 Å². The lowest BCUT2D eigenvalue weighted by atomic mass is 10.0. The van der Waals surface area contributed by atoms with Crippen molar-refractivity contribution in [2.24, 2.45) is 0 Å². The molecule has 1 aromatic carbocycles. The number of aliphatic hydroxyl groups is 1. The van der Waals surface area contributed by atoms with E-state index in [1.165, 1.54) is 5.57 Å². The van der Waals surface area contributed by atoms with Gasteiger partial charge in [0.05, 0.1) is 6.61 Å². The number of benzene rings is 1. The number of allylic oxidation sites excluding steroid dienone is 1. The number of carbonyl (C=O) groups excluding carboxylic acids is 1. The molecule has 0 unspecified atom stereocenters. The average Bonchev–Trinajstić information content (AvgIpc) is 2.59. The molecule has 1 aromatic rings. The Morgan fingerprint density at radius 1 is 1.33 bits per heavy atom. The maximum atomic E-state index is 12.0. The molecule has 24 heavy (non-hydrogen) atoms. The van der Waals surface area contributed by atoms with E-state index in [4.69, 9.17) is 5.11 Å². The van der Waals surface area contributed by atoms with Crippen LogP contribution in [0.2, 0.25) is 0 Å². The van der Waals surface area contributed by atoms with Gasteiger partial charge in [0.15, 0.2) is 0 Å². The summed E-state index contributed by atoms with van der Waals surface area (Å²) in [7, 11) is 0. The molecule has 0 radical (unpaired) electrons. The van der Waals surface area contributed by atoms with Gasteiger partial charge in [0, 0.05) is 43.5 Å². The Morgan fingerprint density at radius 2 is 2.08 bits per heavy atom. The van der Waals surface area contributed by atoms with Gasteiger partial charge < -0.3 is 15.7 Å². The third kappa shape index (κ3) is 5.98. The second kappa shape index (κ2) is 9.45. The molecule has 0 saturated carbocycles. The van der Waals surface area contributed by atoms with Crippen LogP contribution in [-0.4, -0.2) is 54.7 Å². The van der Waals surface area contributed by atoms with Crippen molar-refractivity contribution < 1.29 is 9.90 Å². The van der Waals surface area contributed by atoms with E-state index in [-0.39, 0.29) is 19.1 Å².